The Morgan fingerprint density at radius 3 is 2.27 bits per heavy atom. The SMILES string of the molecule is Cc1ccc(C(C)(C)C)c([N+](=O)[O-])c1O. The van der Waals surface area contributed by atoms with Gasteiger partial charge in [-0.15, -0.1) is 0 Å². The van der Waals surface area contributed by atoms with E-state index in [1.807, 2.05) is 20.8 Å². The normalized spacial score (nSPS) is 11.5. The summed E-state index contributed by atoms with van der Waals surface area (Å²) in [6.45, 7) is 7.28. The van der Waals surface area contributed by atoms with Gasteiger partial charge in [0, 0.05) is 5.56 Å². The van der Waals surface area contributed by atoms with Crippen molar-refractivity contribution in [1.82, 2.24) is 0 Å². The lowest BCUT2D eigenvalue weighted by molar-refractivity contribution is -0.387. The summed E-state index contributed by atoms with van der Waals surface area (Å²) in [7, 11) is 0. The highest BCUT2D eigenvalue weighted by atomic mass is 16.6. The number of nitro groups is 1. The van der Waals surface area contributed by atoms with Gasteiger partial charge in [-0.1, -0.05) is 32.9 Å². The molecule has 0 unspecified atom stereocenters. The van der Waals surface area contributed by atoms with Crippen molar-refractivity contribution in [1.29, 1.82) is 0 Å². The summed E-state index contributed by atoms with van der Waals surface area (Å²) in [4.78, 5) is 10.4. The molecule has 0 atom stereocenters. The number of phenols is 1. The number of nitro benzene ring substituents is 1. The van der Waals surface area contributed by atoms with Crippen LogP contribution in [0.3, 0.4) is 0 Å². The van der Waals surface area contributed by atoms with Gasteiger partial charge < -0.3 is 5.11 Å². The summed E-state index contributed by atoms with van der Waals surface area (Å²) in [6.07, 6.45) is 0. The lowest BCUT2D eigenvalue weighted by atomic mass is 9.85. The predicted octanol–water partition coefficient (Wildman–Crippen LogP) is 2.91. The van der Waals surface area contributed by atoms with E-state index in [2.05, 4.69) is 0 Å². The monoisotopic (exact) mass is 209 g/mol. The van der Waals surface area contributed by atoms with E-state index >= 15 is 0 Å². The van der Waals surface area contributed by atoms with Crippen molar-refractivity contribution in [2.75, 3.05) is 0 Å². The third-order valence-electron chi connectivity index (χ3n) is 2.34. The molecule has 0 radical (unpaired) electrons. The van der Waals surface area contributed by atoms with Crippen LogP contribution in [-0.4, -0.2) is 10.0 Å². The second-order valence-corrected chi connectivity index (χ2v) is 4.63. The Morgan fingerprint density at radius 1 is 1.33 bits per heavy atom. The van der Waals surface area contributed by atoms with Crippen molar-refractivity contribution >= 4 is 5.69 Å². The summed E-state index contributed by atoms with van der Waals surface area (Å²) < 4.78 is 0. The Morgan fingerprint density at radius 2 is 1.87 bits per heavy atom. The number of aryl methyl sites for hydroxylation is 1. The molecule has 0 bridgehead atoms. The van der Waals surface area contributed by atoms with Crippen molar-refractivity contribution < 1.29 is 10.0 Å². The van der Waals surface area contributed by atoms with Gasteiger partial charge in [0.2, 0.25) is 0 Å². The van der Waals surface area contributed by atoms with Crippen LogP contribution in [0.5, 0.6) is 5.75 Å². The number of benzene rings is 1. The fourth-order valence-electron chi connectivity index (χ4n) is 1.47. The van der Waals surface area contributed by atoms with Crippen molar-refractivity contribution in [2.45, 2.75) is 33.1 Å². The molecule has 1 N–H and O–H groups in total. The summed E-state index contributed by atoms with van der Waals surface area (Å²) in [5.74, 6) is -0.229. The highest BCUT2D eigenvalue weighted by molar-refractivity contribution is 5.58. The minimum atomic E-state index is -0.525. The minimum absolute atomic E-state index is 0.178. The zero-order chi connectivity index (χ0) is 11.8. The standard InChI is InChI=1S/C11H15NO3/c1-7-5-6-8(11(2,3)4)9(10(7)13)12(14)15/h5-6,13H,1-4H3. The third-order valence-corrected chi connectivity index (χ3v) is 2.34. The molecule has 0 spiro atoms. The Kier molecular flexibility index (Phi) is 2.71. The van der Waals surface area contributed by atoms with Gasteiger partial charge in [-0.05, 0) is 17.9 Å². The van der Waals surface area contributed by atoms with Crippen LogP contribution in [0.1, 0.15) is 31.9 Å². The van der Waals surface area contributed by atoms with Crippen LogP contribution in [0.2, 0.25) is 0 Å². The summed E-state index contributed by atoms with van der Waals surface area (Å²) in [5.41, 5.74) is 0.543. The van der Waals surface area contributed by atoms with E-state index in [1.165, 1.54) is 0 Å². The maximum absolute atomic E-state index is 10.9. The van der Waals surface area contributed by atoms with Crippen LogP contribution < -0.4 is 0 Å². The highest BCUT2D eigenvalue weighted by Gasteiger charge is 2.28. The first-order valence-corrected chi connectivity index (χ1v) is 4.72. The van der Waals surface area contributed by atoms with Crippen LogP contribution in [0.25, 0.3) is 0 Å². The van der Waals surface area contributed by atoms with Crippen LogP contribution in [0, 0.1) is 17.0 Å². The predicted molar refractivity (Wildman–Crippen MR) is 58.2 cm³/mol. The van der Waals surface area contributed by atoms with Crippen molar-refractivity contribution in [2.24, 2.45) is 0 Å². The number of hydrogen-bond acceptors (Lipinski definition) is 3. The molecule has 0 fully saturated rings. The topological polar surface area (TPSA) is 63.4 Å². The fourth-order valence-corrected chi connectivity index (χ4v) is 1.47. The Hall–Kier alpha value is -1.58. The summed E-state index contributed by atoms with van der Waals surface area (Å²) in [5, 5.41) is 20.6. The Labute approximate surface area is 88.7 Å². The zero-order valence-corrected chi connectivity index (χ0v) is 9.37. The lowest BCUT2D eigenvalue weighted by Gasteiger charge is -2.19. The van der Waals surface area contributed by atoms with Crippen molar-refractivity contribution in [3.63, 3.8) is 0 Å². The van der Waals surface area contributed by atoms with E-state index in [1.54, 1.807) is 19.1 Å². The van der Waals surface area contributed by atoms with Gasteiger partial charge in [0.15, 0.2) is 5.75 Å². The van der Waals surface area contributed by atoms with Gasteiger partial charge in [0.1, 0.15) is 0 Å². The average molecular weight is 209 g/mol. The molecular weight excluding hydrogens is 194 g/mol. The molecule has 82 valence electrons. The molecule has 1 aromatic rings. The Bertz CT molecular complexity index is 405. The van der Waals surface area contributed by atoms with E-state index in [0.29, 0.717) is 11.1 Å². The summed E-state index contributed by atoms with van der Waals surface area (Å²) >= 11 is 0. The van der Waals surface area contributed by atoms with Crippen molar-refractivity contribution in [3.8, 4) is 5.75 Å². The van der Waals surface area contributed by atoms with Gasteiger partial charge in [0.05, 0.1) is 4.92 Å². The smallest absolute Gasteiger partial charge is 0.314 e. The van der Waals surface area contributed by atoms with E-state index in [4.69, 9.17) is 0 Å². The molecule has 0 aliphatic rings. The maximum atomic E-state index is 10.9. The molecule has 1 aromatic carbocycles. The van der Waals surface area contributed by atoms with Gasteiger partial charge in [0.25, 0.3) is 0 Å². The number of phenolic OH excluding ortho intramolecular Hbond substituents is 1. The van der Waals surface area contributed by atoms with Gasteiger partial charge in [-0.2, -0.15) is 0 Å². The maximum Gasteiger partial charge on any atom is 0.314 e. The molecule has 0 aliphatic carbocycles. The lowest BCUT2D eigenvalue weighted by Crippen LogP contribution is -2.14. The average Bonchev–Trinajstić information content (AvgIpc) is 2.06. The Balaban J connectivity index is 3.55. The molecule has 15 heavy (non-hydrogen) atoms. The molecular formula is C11H15NO3. The zero-order valence-electron chi connectivity index (χ0n) is 9.37. The molecule has 1 rings (SSSR count). The molecule has 0 heterocycles. The second-order valence-electron chi connectivity index (χ2n) is 4.63. The first kappa shape index (κ1) is 11.5. The molecule has 0 saturated carbocycles. The van der Waals surface area contributed by atoms with Crippen LogP contribution in [0.4, 0.5) is 5.69 Å². The van der Waals surface area contributed by atoms with Crippen LogP contribution in [-0.2, 0) is 5.41 Å². The molecule has 0 aliphatic heterocycles. The van der Waals surface area contributed by atoms with Crippen LogP contribution >= 0.6 is 0 Å². The van der Waals surface area contributed by atoms with Crippen molar-refractivity contribution in [3.05, 3.63) is 33.4 Å². The fraction of sp³-hybridized carbons (Fsp3) is 0.455. The molecule has 0 aromatic heterocycles. The molecule has 0 saturated heterocycles. The summed E-state index contributed by atoms with van der Waals surface area (Å²) in [6, 6.07) is 3.40. The second kappa shape index (κ2) is 3.53. The van der Waals surface area contributed by atoms with E-state index in [-0.39, 0.29) is 16.9 Å². The first-order chi connectivity index (χ1) is 6.75. The molecule has 0 amide bonds. The molecule has 4 nitrogen and oxygen atoms in total. The van der Waals surface area contributed by atoms with Gasteiger partial charge in [-0.25, -0.2) is 0 Å². The number of rotatable bonds is 1. The number of hydrogen-bond donors (Lipinski definition) is 1. The highest BCUT2D eigenvalue weighted by Crippen LogP contribution is 2.39. The van der Waals surface area contributed by atoms with E-state index in [0.717, 1.165) is 0 Å². The van der Waals surface area contributed by atoms with E-state index < -0.39 is 4.92 Å². The van der Waals surface area contributed by atoms with Gasteiger partial charge >= 0.3 is 5.69 Å². The van der Waals surface area contributed by atoms with Gasteiger partial charge in [-0.3, -0.25) is 10.1 Å². The quantitative estimate of drug-likeness (QED) is 0.571. The number of nitrogens with zero attached hydrogens (tertiary/aromatic N) is 1. The third kappa shape index (κ3) is 2.09. The largest absolute Gasteiger partial charge is 0.502 e. The number of aromatic hydroxyl groups is 1. The minimum Gasteiger partial charge on any atom is -0.502 e. The van der Waals surface area contributed by atoms with E-state index in [9.17, 15) is 15.2 Å². The first-order valence-electron chi connectivity index (χ1n) is 4.72. The van der Waals surface area contributed by atoms with Crippen LogP contribution in [0.15, 0.2) is 12.1 Å². The molecule has 4 heteroatoms.